The zero-order chi connectivity index (χ0) is 16.1. The molecule has 23 heavy (non-hydrogen) atoms. The maximum Gasteiger partial charge on any atom is 0.226 e. The Bertz CT molecular complexity index is 521. The van der Waals surface area contributed by atoms with Gasteiger partial charge < -0.3 is 19.1 Å². The Morgan fingerprint density at radius 1 is 1.39 bits per heavy atom. The highest BCUT2D eigenvalue weighted by atomic mass is 16.5. The van der Waals surface area contributed by atoms with Gasteiger partial charge in [-0.3, -0.25) is 4.79 Å². The summed E-state index contributed by atoms with van der Waals surface area (Å²) < 4.78 is 16.9. The summed E-state index contributed by atoms with van der Waals surface area (Å²) in [5.74, 6) is 1.36. The molecule has 126 valence electrons. The van der Waals surface area contributed by atoms with Crippen LogP contribution in [0, 0.1) is 11.3 Å². The van der Waals surface area contributed by atoms with Crippen LogP contribution >= 0.6 is 0 Å². The van der Waals surface area contributed by atoms with Gasteiger partial charge in [0.15, 0.2) is 0 Å². The fraction of sp³-hybridized carbons (Fsp3) is 0.611. The van der Waals surface area contributed by atoms with E-state index < -0.39 is 0 Å². The van der Waals surface area contributed by atoms with Crippen LogP contribution in [0.15, 0.2) is 30.3 Å². The van der Waals surface area contributed by atoms with Crippen LogP contribution in [-0.2, 0) is 14.3 Å². The molecule has 2 fully saturated rings. The Kier molecular flexibility index (Phi) is 5.18. The van der Waals surface area contributed by atoms with Gasteiger partial charge in [0.2, 0.25) is 5.91 Å². The van der Waals surface area contributed by atoms with Crippen molar-refractivity contribution in [2.24, 2.45) is 11.3 Å². The first-order valence-corrected chi connectivity index (χ1v) is 8.34. The second-order valence-electron chi connectivity index (χ2n) is 6.40. The molecule has 0 spiro atoms. The highest BCUT2D eigenvalue weighted by Gasteiger charge is 2.51. The third-order valence-corrected chi connectivity index (χ3v) is 4.80. The molecule has 0 unspecified atom stereocenters. The van der Waals surface area contributed by atoms with E-state index in [1.165, 1.54) is 0 Å². The number of ether oxygens (including phenoxy) is 3. The van der Waals surface area contributed by atoms with Crippen molar-refractivity contribution in [3.8, 4) is 5.75 Å². The van der Waals surface area contributed by atoms with Crippen LogP contribution in [0.5, 0.6) is 5.75 Å². The smallest absolute Gasteiger partial charge is 0.226 e. The fourth-order valence-electron chi connectivity index (χ4n) is 3.46. The summed E-state index contributed by atoms with van der Waals surface area (Å²) in [5, 5.41) is 0. The van der Waals surface area contributed by atoms with Gasteiger partial charge in [0.1, 0.15) is 5.75 Å². The average molecular weight is 319 g/mol. The van der Waals surface area contributed by atoms with E-state index in [0.29, 0.717) is 38.8 Å². The zero-order valence-corrected chi connectivity index (χ0v) is 13.7. The second kappa shape index (κ2) is 7.32. The van der Waals surface area contributed by atoms with E-state index in [9.17, 15) is 4.79 Å². The molecule has 5 nitrogen and oxygen atoms in total. The molecule has 3 rings (SSSR count). The molecule has 1 amide bonds. The largest absolute Gasteiger partial charge is 0.493 e. The van der Waals surface area contributed by atoms with Crippen LogP contribution in [0.1, 0.15) is 13.3 Å². The highest BCUT2D eigenvalue weighted by molar-refractivity contribution is 5.76. The van der Waals surface area contributed by atoms with Gasteiger partial charge in [-0.15, -0.1) is 0 Å². The first-order valence-electron chi connectivity index (χ1n) is 8.34. The first-order chi connectivity index (χ1) is 11.2. The van der Waals surface area contributed by atoms with Gasteiger partial charge in [-0.25, -0.2) is 0 Å². The van der Waals surface area contributed by atoms with Gasteiger partial charge in [-0.05, 0) is 19.1 Å². The molecule has 1 aromatic carbocycles. The molecule has 0 aliphatic carbocycles. The number of fused-ring (bicyclic) bond motifs is 1. The van der Waals surface area contributed by atoms with Crippen molar-refractivity contribution in [3.63, 3.8) is 0 Å². The van der Waals surface area contributed by atoms with Gasteiger partial charge >= 0.3 is 0 Å². The van der Waals surface area contributed by atoms with Crippen molar-refractivity contribution in [2.45, 2.75) is 13.3 Å². The molecular formula is C18H25NO4. The molecule has 0 saturated carbocycles. The fourth-order valence-corrected chi connectivity index (χ4v) is 3.46. The minimum atomic E-state index is -0.00798. The SMILES string of the molecule is CCOC[C@]12COC[C@H]1CN(C(=O)CCOc1ccccc1)C2. The normalized spacial score (nSPS) is 26.3. The molecule has 0 aromatic heterocycles. The number of likely N-dealkylation sites (tertiary alicyclic amines) is 1. The van der Waals surface area contributed by atoms with Crippen molar-refractivity contribution >= 4 is 5.91 Å². The zero-order valence-electron chi connectivity index (χ0n) is 13.7. The molecule has 0 radical (unpaired) electrons. The monoisotopic (exact) mass is 319 g/mol. The van der Waals surface area contributed by atoms with E-state index >= 15 is 0 Å². The number of carbonyl (C=O) groups excluding carboxylic acids is 1. The Morgan fingerprint density at radius 2 is 2.22 bits per heavy atom. The van der Waals surface area contributed by atoms with E-state index in [2.05, 4.69) is 0 Å². The molecule has 5 heteroatoms. The summed E-state index contributed by atoms with van der Waals surface area (Å²) in [7, 11) is 0. The number of rotatable bonds is 7. The standard InChI is InChI=1S/C18H25NO4/c1-2-21-13-18-12-19(10-15(18)11-22-14-18)17(20)8-9-23-16-6-4-3-5-7-16/h3-7,15H,2,8-14H2,1H3/t15-,18-/m1/s1. The molecule has 2 aliphatic heterocycles. The molecule has 2 aliphatic rings. The lowest BCUT2D eigenvalue weighted by molar-refractivity contribution is -0.131. The minimum absolute atomic E-state index is 0.00798. The Labute approximate surface area is 137 Å². The highest BCUT2D eigenvalue weighted by Crippen LogP contribution is 2.41. The van der Waals surface area contributed by atoms with Crippen LogP contribution in [-0.4, -0.2) is 56.9 Å². The van der Waals surface area contributed by atoms with E-state index in [1.54, 1.807) is 0 Å². The minimum Gasteiger partial charge on any atom is -0.493 e. The Balaban J connectivity index is 1.49. The van der Waals surface area contributed by atoms with Crippen LogP contribution < -0.4 is 4.74 Å². The van der Waals surface area contributed by atoms with Crippen molar-refractivity contribution < 1.29 is 19.0 Å². The van der Waals surface area contributed by atoms with E-state index in [4.69, 9.17) is 14.2 Å². The van der Waals surface area contributed by atoms with E-state index in [0.717, 1.165) is 25.4 Å². The summed E-state index contributed by atoms with van der Waals surface area (Å²) in [6, 6.07) is 9.60. The van der Waals surface area contributed by atoms with Gasteiger partial charge in [-0.2, -0.15) is 0 Å². The summed E-state index contributed by atoms with van der Waals surface area (Å²) in [6.45, 7) is 6.74. The quantitative estimate of drug-likeness (QED) is 0.771. The van der Waals surface area contributed by atoms with Crippen LogP contribution in [0.25, 0.3) is 0 Å². The summed E-state index contributed by atoms with van der Waals surface area (Å²) >= 11 is 0. The lowest BCUT2D eigenvalue weighted by atomic mass is 9.82. The maximum atomic E-state index is 12.4. The van der Waals surface area contributed by atoms with Crippen LogP contribution in [0.4, 0.5) is 0 Å². The number of benzene rings is 1. The summed E-state index contributed by atoms with van der Waals surface area (Å²) in [6.07, 6.45) is 0.410. The van der Waals surface area contributed by atoms with Gasteiger partial charge in [-0.1, -0.05) is 18.2 Å². The number of carbonyl (C=O) groups is 1. The third kappa shape index (κ3) is 3.67. The number of nitrogens with zero attached hydrogens (tertiary/aromatic N) is 1. The second-order valence-corrected chi connectivity index (χ2v) is 6.40. The average Bonchev–Trinajstić information content (AvgIpc) is 3.11. The number of hydrogen-bond acceptors (Lipinski definition) is 4. The topological polar surface area (TPSA) is 48.0 Å². The van der Waals surface area contributed by atoms with E-state index in [-0.39, 0.29) is 11.3 Å². The summed E-state index contributed by atoms with van der Waals surface area (Å²) in [5.41, 5.74) is -0.00798. The molecular weight excluding hydrogens is 294 g/mol. The third-order valence-electron chi connectivity index (χ3n) is 4.80. The van der Waals surface area contributed by atoms with Crippen molar-refractivity contribution in [1.82, 2.24) is 4.90 Å². The molecule has 0 N–H and O–H groups in total. The summed E-state index contributed by atoms with van der Waals surface area (Å²) in [4.78, 5) is 14.4. The van der Waals surface area contributed by atoms with Gasteiger partial charge in [0.05, 0.1) is 32.8 Å². The maximum absolute atomic E-state index is 12.4. The predicted molar refractivity (Wildman–Crippen MR) is 86.4 cm³/mol. The first kappa shape index (κ1) is 16.3. The Hall–Kier alpha value is -1.59. The van der Waals surface area contributed by atoms with Gasteiger partial charge in [0.25, 0.3) is 0 Å². The number of para-hydroxylation sites is 1. The lowest BCUT2D eigenvalue weighted by Crippen LogP contribution is -2.37. The van der Waals surface area contributed by atoms with Crippen molar-refractivity contribution in [2.75, 3.05) is 46.1 Å². The molecule has 0 bridgehead atoms. The van der Waals surface area contributed by atoms with E-state index in [1.807, 2.05) is 42.2 Å². The molecule has 2 atom stereocenters. The molecule has 1 aromatic rings. The lowest BCUT2D eigenvalue weighted by Gasteiger charge is -2.26. The van der Waals surface area contributed by atoms with Gasteiger partial charge in [0, 0.05) is 31.0 Å². The van der Waals surface area contributed by atoms with Crippen LogP contribution in [0.2, 0.25) is 0 Å². The number of hydrogen-bond donors (Lipinski definition) is 0. The number of amides is 1. The molecule has 2 saturated heterocycles. The Morgan fingerprint density at radius 3 is 3.00 bits per heavy atom. The van der Waals surface area contributed by atoms with Crippen molar-refractivity contribution in [3.05, 3.63) is 30.3 Å². The van der Waals surface area contributed by atoms with Crippen LogP contribution in [0.3, 0.4) is 0 Å². The van der Waals surface area contributed by atoms with Crippen molar-refractivity contribution in [1.29, 1.82) is 0 Å². The molecule has 2 heterocycles. The predicted octanol–water partition coefficient (Wildman–Crippen LogP) is 1.97.